The Hall–Kier alpha value is -0.660. The first-order valence-electron chi connectivity index (χ1n) is 4.16. The molecule has 0 saturated heterocycles. The molecule has 0 saturated carbocycles. The zero-order valence-corrected chi connectivity index (χ0v) is 8.05. The van der Waals surface area contributed by atoms with Gasteiger partial charge in [0, 0.05) is 6.92 Å². The molecule has 0 spiro atoms. The molecular weight excluding hydrogens is 136 g/mol. The third kappa shape index (κ3) is 1.35. The Morgan fingerprint density at radius 2 is 1.91 bits per heavy atom. The van der Waals surface area contributed by atoms with E-state index in [0.717, 1.165) is 0 Å². The van der Waals surface area contributed by atoms with Crippen LogP contribution >= 0.6 is 0 Å². The Balaban J connectivity index is 2.91. The summed E-state index contributed by atoms with van der Waals surface area (Å²) >= 11 is 0. The van der Waals surface area contributed by atoms with Crippen molar-refractivity contribution in [1.29, 1.82) is 0 Å². The topological polar surface area (TPSA) is 15.4 Å². The van der Waals surface area contributed by atoms with Crippen molar-refractivity contribution in [2.24, 2.45) is 16.9 Å². The third-order valence-electron chi connectivity index (χ3n) is 2.39. The van der Waals surface area contributed by atoms with Crippen molar-refractivity contribution >= 4 is 11.4 Å². The van der Waals surface area contributed by atoms with Crippen LogP contribution < -0.4 is 0 Å². The van der Waals surface area contributed by atoms with E-state index in [1.54, 1.807) is 0 Å². The summed E-state index contributed by atoms with van der Waals surface area (Å²) in [4.78, 5) is 0. The summed E-state index contributed by atoms with van der Waals surface area (Å²) in [6.45, 7) is 8.75. The number of nitrogens with zero attached hydrogens (tertiary/aromatic N) is 2. The van der Waals surface area contributed by atoms with E-state index in [0.29, 0.717) is 11.8 Å². The molecule has 2 heteroatoms. The van der Waals surface area contributed by atoms with Gasteiger partial charge in [-0.15, -0.1) is 0 Å². The predicted molar refractivity (Wildman–Crippen MR) is 48.3 cm³/mol. The van der Waals surface area contributed by atoms with Gasteiger partial charge in [0.25, 0.3) is 0 Å². The zero-order valence-electron chi connectivity index (χ0n) is 8.05. The SMILES string of the molecule is CC1=N[N+](C)=C(C)C1C(C)C. The average molecular weight is 153 g/mol. The lowest BCUT2D eigenvalue weighted by atomic mass is 9.88. The van der Waals surface area contributed by atoms with E-state index in [4.69, 9.17) is 0 Å². The minimum absolute atomic E-state index is 0.569. The van der Waals surface area contributed by atoms with Crippen LogP contribution in [0.5, 0.6) is 0 Å². The molecule has 2 nitrogen and oxygen atoms in total. The van der Waals surface area contributed by atoms with Crippen molar-refractivity contribution in [3.8, 4) is 0 Å². The Bertz CT molecular complexity index is 224. The molecule has 0 aliphatic carbocycles. The average Bonchev–Trinajstić information content (AvgIpc) is 2.07. The van der Waals surface area contributed by atoms with Gasteiger partial charge in [0.15, 0.2) is 12.8 Å². The van der Waals surface area contributed by atoms with E-state index in [2.05, 4.69) is 32.8 Å². The number of hydrazone groups is 1. The standard InChI is InChI=1S/C9H17N2/c1-6(2)9-7(3)10-11(5)8(9)4/h6,9H,1-5H3/q+1. The highest BCUT2D eigenvalue weighted by Crippen LogP contribution is 2.19. The first-order valence-corrected chi connectivity index (χ1v) is 4.16. The summed E-state index contributed by atoms with van der Waals surface area (Å²) < 4.78 is 1.99. The predicted octanol–water partition coefficient (Wildman–Crippen LogP) is 1.75. The van der Waals surface area contributed by atoms with Crippen LogP contribution in [-0.4, -0.2) is 23.2 Å². The Morgan fingerprint density at radius 3 is 2.09 bits per heavy atom. The monoisotopic (exact) mass is 153 g/mol. The molecule has 0 aromatic heterocycles. The van der Waals surface area contributed by atoms with Crippen LogP contribution in [0.3, 0.4) is 0 Å². The Labute approximate surface area is 68.6 Å². The van der Waals surface area contributed by atoms with Crippen LogP contribution in [-0.2, 0) is 0 Å². The highest BCUT2D eigenvalue weighted by atomic mass is 15.4. The second-order valence-electron chi connectivity index (χ2n) is 3.63. The second kappa shape index (κ2) is 2.76. The van der Waals surface area contributed by atoms with Crippen LogP contribution in [0.1, 0.15) is 27.7 Å². The quantitative estimate of drug-likeness (QED) is 0.510. The molecule has 0 radical (unpaired) electrons. The van der Waals surface area contributed by atoms with Gasteiger partial charge < -0.3 is 0 Å². The van der Waals surface area contributed by atoms with Gasteiger partial charge in [-0.1, -0.05) is 18.5 Å². The summed E-state index contributed by atoms with van der Waals surface area (Å²) in [5.74, 6) is 1.24. The maximum Gasteiger partial charge on any atom is 0.190 e. The van der Waals surface area contributed by atoms with E-state index in [1.165, 1.54) is 11.4 Å². The summed E-state index contributed by atoms with van der Waals surface area (Å²) in [5, 5.41) is 4.39. The first-order chi connectivity index (χ1) is 5.04. The summed E-state index contributed by atoms with van der Waals surface area (Å²) in [6.07, 6.45) is 0. The highest BCUT2D eigenvalue weighted by molar-refractivity contribution is 6.05. The molecule has 1 aliphatic heterocycles. The molecule has 0 fully saturated rings. The van der Waals surface area contributed by atoms with E-state index in [-0.39, 0.29) is 0 Å². The van der Waals surface area contributed by atoms with Gasteiger partial charge in [0.2, 0.25) is 0 Å². The molecular formula is C9H17N2+. The van der Waals surface area contributed by atoms with E-state index < -0.39 is 0 Å². The molecule has 0 bridgehead atoms. The van der Waals surface area contributed by atoms with Gasteiger partial charge in [-0.3, -0.25) is 0 Å². The molecule has 0 amide bonds. The fourth-order valence-electron chi connectivity index (χ4n) is 1.85. The van der Waals surface area contributed by atoms with Crippen LogP contribution in [0.2, 0.25) is 0 Å². The normalized spacial score (nSPS) is 24.9. The Morgan fingerprint density at radius 1 is 1.36 bits per heavy atom. The molecule has 1 rings (SSSR count). The van der Waals surface area contributed by atoms with E-state index >= 15 is 0 Å². The van der Waals surface area contributed by atoms with Crippen molar-refractivity contribution < 1.29 is 4.68 Å². The van der Waals surface area contributed by atoms with Crippen molar-refractivity contribution in [2.75, 3.05) is 7.05 Å². The zero-order chi connectivity index (χ0) is 8.59. The minimum Gasteiger partial charge on any atom is -0.0949 e. The summed E-state index contributed by atoms with van der Waals surface area (Å²) in [5.41, 5.74) is 2.62. The molecule has 1 aliphatic rings. The summed E-state index contributed by atoms with van der Waals surface area (Å²) in [6, 6.07) is 0. The van der Waals surface area contributed by atoms with Crippen LogP contribution in [0, 0.1) is 11.8 Å². The molecule has 1 heterocycles. The van der Waals surface area contributed by atoms with Crippen LogP contribution in [0.4, 0.5) is 0 Å². The largest absolute Gasteiger partial charge is 0.190 e. The smallest absolute Gasteiger partial charge is 0.0949 e. The first kappa shape index (κ1) is 8.44. The van der Waals surface area contributed by atoms with Crippen LogP contribution in [0.25, 0.3) is 0 Å². The highest BCUT2D eigenvalue weighted by Gasteiger charge is 2.32. The van der Waals surface area contributed by atoms with Gasteiger partial charge in [0.1, 0.15) is 0 Å². The van der Waals surface area contributed by atoms with Crippen molar-refractivity contribution in [1.82, 2.24) is 0 Å². The molecule has 0 N–H and O–H groups in total. The molecule has 0 aromatic carbocycles. The maximum absolute atomic E-state index is 4.39. The van der Waals surface area contributed by atoms with Gasteiger partial charge in [-0.05, 0) is 17.9 Å². The molecule has 62 valence electrons. The fourth-order valence-corrected chi connectivity index (χ4v) is 1.85. The lowest BCUT2D eigenvalue weighted by Gasteiger charge is -2.10. The molecule has 0 aromatic rings. The maximum atomic E-state index is 4.39. The Kier molecular flexibility index (Phi) is 2.12. The van der Waals surface area contributed by atoms with Gasteiger partial charge in [-0.25, -0.2) is 0 Å². The second-order valence-corrected chi connectivity index (χ2v) is 3.63. The third-order valence-corrected chi connectivity index (χ3v) is 2.39. The summed E-state index contributed by atoms with van der Waals surface area (Å²) in [7, 11) is 2.02. The number of rotatable bonds is 1. The van der Waals surface area contributed by atoms with Crippen molar-refractivity contribution in [3.63, 3.8) is 0 Å². The lowest BCUT2D eigenvalue weighted by Crippen LogP contribution is -2.23. The molecule has 11 heavy (non-hydrogen) atoms. The van der Waals surface area contributed by atoms with Crippen LogP contribution in [0.15, 0.2) is 5.10 Å². The number of hydrogen-bond donors (Lipinski definition) is 0. The van der Waals surface area contributed by atoms with Crippen molar-refractivity contribution in [2.45, 2.75) is 27.7 Å². The van der Waals surface area contributed by atoms with Crippen molar-refractivity contribution in [3.05, 3.63) is 0 Å². The minimum atomic E-state index is 0.569. The van der Waals surface area contributed by atoms with Gasteiger partial charge in [-0.2, -0.15) is 0 Å². The van der Waals surface area contributed by atoms with E-state index in [9.17, 15) is 0 Å². The lowest BCUT2D eigenvalue weighted by molar-refractivity contribution is -0.500. The molecule has 1 unspecified atom stereocenters. The number of hydrogen-bond acceptors (Lipinski definition) is 1. The molecule has 1 atom stereocenters. The van der Waals surface area contributed by atoms with E-state index in [1.807, 2.05) is 11.7 Å². The fraction of sp³-hybridized carbons (Fsp3) is 0.778. The van der Waals surface area contributed by atoms with Gasteiger partial charge in [0.05, 0.1) is 11.6 Å². The van der Waals surface area contributed by atoms with Gasteiger partial charge >= 0.3 is 0 Å².